The van der Waals surface area contributed by atoms with Gasteiger partial charge in [0.2, 0.25) is 5.43 Å². The molecule has 4 aromatic rings. The van der Waals surface area contributed by atoms with E-state index in [1.165, 1.54) is 29.9 Å². The number of aryl methyl sites for hydroxylation is 2. The summed E-state index contributed by atoms with van der Waals surface area (Å²) in [6.07, 6.45) is 4.69. The first kappa shape index (κ1) is 23.0. The lowest BCUT2D eigenvalue weighted by atomic mass is 10.1. The molecule has 34 heavy (non-hydrogen) atoms. The Hall–Kier alpha value is -4.20. The third-order valence-corrected chi connectivity index (χ3v) is 5.68. The summed E-state index contributed by atoms with van der Waals surface area (Å²) in [4.78, 5) is 47.7. The Morgan fingerprint density at radius 1 is 1.03 bits per heavy atom. The van der Waals surface area contributed by atoms with Gasteiger partial charge in [0.05, 0.1) is 17.6 Å². The van der Waals surface area contributed by atoms with E-state index in [1.807, 2.05) is 42.5 Å². The van der Waals surface area contributed by atoms with Crippen LogP contribution in [-0.2, 0) is 19.5 Å². The van der Waals surface area contributed by atoms with Crippen molar-refractivity contribution in [2.45, 2.75) is 25.9 Å². The van der Waals surface area contributed by atoms with E-state index in [9.17, 15) is 14.4 Å². The number of carbonyl (C=O) groups is 2. The second kappa shape index (κ2) is 10.2. The predicted molar refractivity (Wildman–Crippen MR) is 131 cm³/mol. The minimum Gasteiger partial charge on any atom is -0.355 e. The van der Waals surface area contributed by atoms with Crippen LogP contribution in [0.5, 0.6) is 0 Å². The van der Waals surface area contributed by atoms with Gasteiger partial charge in [-0.1, -0.05) is 42.5 Å². The average Bonchev–Trinajstić information content (AvgIpc) is 3.26. The van der Waals surface area contributed by atoms with Crippen LogP contribution in [0.4, 0.5) is 0 Å². The Labute approximate surface area is 197 Å². The molecule has 2 heterocycles. The lowest BCUT2D eigenvalue weighted by Crippen LogP contribution is -2.35. The van der Waals surface area contributed by atoms with Crippen LogP contribution < -0.4 is 10.7 Å². The quantitative estimate of drug-likeness (QED) is 0.425. The van der Waals surface area contributed by atoms with Gasteiger partial charge in [0.15, 0.2) is 0 Å². The molecule has 0 bridgehead atoms. The first-order valence-electron chi connectivity index (χ1n) is 11.2. The fourth-order valence-electron chi connectivity index (χ4n) is 3.90. The van der Waals surface area contributed by atoms with E-state index in [4.69, 9.17) is 0 Å². The van der Waals surface area contributed by atoms with Gasteiger partial charge in [-0.3, -0.25) is 14.4 Å². The Kier molecular flexibility index (Phi) is 6.87. The van der Waals surface area contributed by atoms with Crippen molar-refractivity contribution in [2.75, 3.05) is 14.1 Å². The molecule has 0 aliphatic carbocycles. The molecule has 2 aromatic carbocycles. The van der Waals surface area contributed by atoms with Crippen molar-refractivity contribution in [3.63, 3.8) is 0 Å². The fourth-order valence-corrected chi connectivity index (χ4v) is 3.90. The lowest BCUT2D eigenvalue weighted by molar-refractivity contribution is 0.0779. The van der Waals surface area contributed by atoms with Crippen molar-refractivity contribution >= 4 is 22.8 Å². The van der Waals surface area contributed by atoms with E-state index in [-0.39, 0.29) is 17.7 Å². The van der Waals surface area contributed by atoms with E-state index in [1.54, 1.807) is 11.6 Å². The van der Waals surface area contributed by atoms with Gasteiger partial charge in [-0.25, -0.2) is 4.98 Å². The van der Waals surface area contributed by atoms with E-state index in [0.717, 1.165) is 23.9 Å². The van der Waals surface area contributed by atoms with Gasteiger partial charge in [0, 0.05) is 33.0 Å². The van der Waals surface area contributed by atoms with Crippen molar-refractivity contribution in [1.29, 1.82) is 0 Å². The molecule has 2 amide bonds. The normalized spacial score (nSPS) is 10.9. The van der Waals surface area contributed by atoms with Gasteiger partial charge in [-0.05, 0) is 30.5 Å². The van der Waals surface area contributed by atoms with Crippen molar-refractivity contribution in [3.05, 3.63) is 99.7 Å². The summed E-state index contributed by atoms with van der Waals surface area (Å²) in [5.41, 5.74) is 2.21. The minimum atomic E-state index is -0.583. The van der Waals surface area contributed by atoms with Crippen molar-refractivity contribution < 1.29 is 9.59 Å². The summed E-state index contributed by atoms with van der Waals surface area (Å²) in [5, 5.41) is 2.49. The first-order chi connectivity index (χ1) is 16.5. The van der Waals surface area contributed by atoms with Gasteiger partial charge in [0.25, 0.3) is 11.8 Å². The van der Waals surface area contributed by atoms with Crippen molar-refractivity contribution in [3.8, 4) is 0 Å². The monoisotopic (exact) mass is 457 g/mol. The number of aromatic amines is 1. The molecule has 0 spiro atoms. The van der Waals surface area contributed by atoms with Crippen LogP contribution in [0.2, 0.25) is 0 Å². The van der Waals surface area contributed by atoms with E-state index < -0.39 is 17.2 Å². The third kappa shape index (κ3) is 5.06. The molecule has 0 unspecified atom stereocenters. The molecule has 0 aliphatic rings. The van der Waals surface area contributed by atoms with Crippen LogP contribution in [0.3, 0.4) is 0 Å². The van der Waals surface area contributed by atoms with Crippen LogP contribution in [-0.4, -0.2) is 45.3 Å². The number of pyridine rings is 1. The number of carbonyl (C=O) groups excluding carboxylic acids is 2. The number of nitrogens with one attached hydrogen (secondary N) is 2. The summed E-state index contributed by atoms with van der Waals surface area (Å²) in [6.45, 7) is 0.762. The standard InChI is InChI=1S/C26H27N5O3/c1-27-25(33)19-15-31(14-8-11-18-9-4-3-5-10-18)16-20(24(19)32)26(34)30(2)17-23-28-21-12-6-7-13-22(21)29-23/h3-7,9-10,12-13,15-16H,8,11,14,17H2,1-2H3,(H,27,33)(H,28,29). The van der Waals surface area contributed by atoms with Crippen LogP contribution in [0, 0.1) is 0 Å². The molecule has 174 valence electrons. The number of rotatable bonds is 8. The maximum Gasteiger partial charge on any atom is 0.259 e. The summed E-state index contributed by atoms with van der Waals surface area (Å²) >= 11 is 0. The van der Waals surface area contributed by atoms with Crippen LogP contribution in [0.1, 0.15) is 38.5 Å². The Bertz CT molecular complexity index is 1340. The number of benzene rings is 2. The van der Waals surface area contributed by atoms with Gasteiger partial charge >= 0.3 is 0 Å². The fraction of sp³-hybridized carbons (Fsp3) is 0.231. The highest BCUT2D eigenvalue weighted by Gasteiger charge is 2.22. The summed E-state index contributed by atoms with van der Waals surface area (Å²) in [6, 6.07) is 17.7. The predicted octanol–water partition coefficient (Wildman–Crippen LogP) is 2.99. The Balaban J connectivity index is 1.56. The zero-order valence-electron chi connectivity index (χ0n) is 19.2. The third-order valence-electron chi connectivity index (χ3n) is 5.68. The van der Waals surface area contributed by atoms with Crippen molar-refractivity contribution in [1.82, 2.24) is 24.8 Å². The number of para-hydroxylation sites is 2. The van der Waals surface area contributed by atoms with Gasteiger partial charge < -0.3 is 19.8 Å². The highest BCUT2D eigenvalue weighted by Crippen LogP contribution is 2.13. The second-order valence-corrected chi connectivity index (χ2v) is 8.18. The zero-order valence-corrected chi connectivity index (χ0v) is 19.2. The molecule has 0 saturated carbocycles. The van der Waals surface area contributed by atoms with Crippen LogP contribution in [0.15, 0.2) is 71.8 Å². The summed E-state index contributed by atoms with van der Waals surface area (Å²) in [7, 11) is 3.07. The molecule has 2 aromatic heterocycles. The van der Waals surface area contributed by atoms with Crippen molar-refractivity contribution in [2.24, 2.45) is 0 Å². The number of amides is 2. The van der Waals surface area contributed by atoms with Gasteiger partial charge in [-0.15, -0.1) is 0 Å². The number of H-pyrrole nitrogens is 1. The Morgan fingerprint density at radius 3 is 2.47 bits per heavy atom. The molecule has 0 radical (unpaired) electrons. The highest BCUT2D eigenvalue weighted by atomic mass is 16.2. The molecule has 0 aliphatic heterocycles. The molecule has 0 fully saturated rings. The van der Waals surface area contributed by atoms with E-state index in [0.29, 0.717) is 12.4 Å². The number of nitrogens with zero attached hydrogens (tertiary/aromatic N) is 3. The average molecular weight is 458 g/mol. The van der Waals surface area contributed by atoms with E-state index >= 15 is 0 Å². The van der Waals surface area contributed by atoms with Gasteiger partial charge in [0.1, 0.15) is 17.0 Å². The number of fused-ring (bicyclic) bond motifs is 1. The maximum atomic E-state index is 13.2. The molecule has 8 heteroatoms. The van der Waals surface area contributed by atoms with Gasteiger partial charge in [-0.2, -0.15) is 0 Å². The Morgan fingerprint density at radius 2 is 1.74 bits per heavy atom. The maximum absolute atomic E-state index is 13.2. The minimum absolute atomic E-state index is 0.0422. The summed E-state index contributed by atoms with van der Waals surface area (Å²) < 4.78 is 1.75. The lowest BCUT2D eigenvalue weighted by Gasteiger charge is -2.17. The topological polar surface area (TPSA) is 100 Å². The molecule has 8 nitrogen and oxygen atoms in total. The van der Waals surface area contributed by atoms with Crippen LogP contribution in [0.25, 0.3) is 11.0 Å². The second-order valence-electron chi connectivity index (χ2n) is 8.18. The SMILES string of the molecule is CNC(=O)c1cn(CCCc2ccccc2)cc(C(=O)N(C)Cc2nc3ccccc3[nH]2)c1=O. The summed E-state index contributed by atoms with van der Waals surface area (Å²) in [5.74, 6) is -0.368. The number of hydrogen-bond acceptors (Lipinski definition) is 4. The molecule has 0 saturated heterocycles. The number of hydrogen-bond donors (Lipinski definition) is 2. The molecular weight excluding hydrogens is 430 g/mol. The molecule has 4 rings (SSSR count). The smallest absolute Gasteiger partial charge is 0.259 e. The van der Waals surface area contributed by atoms with E-state index in [2.05, 4.69) is 27.4 Å². The zero-order chi connectivity index (χ0) is 24.1. The molecule has 0 atom stereocenters. The highest BCUT2D eigenvalue weighted by molar-refractivity contribution is 5.99. The number of aromatic nitrogens is 3. The first-order valence-corrected chi connectivity index (χ1v) is 11.2. The molecular formula is C26H27N5O3. The largest absolute Gasteiger partial charge is 0.355 e. The molecule has 2 N–H and O–H groups in total. The van der Waals surface area contributed by atoms with Crippen LogP contribution >= 0.6 is 0 Å². The number of imidazole rings is 1.